The van der Waals surface area contributed by atoms with Crippen LogP contribution in [-0.4, -0.2) is 35.5 Å². The van der Waals surface area contributed by atoms with Gasteiger partial charge in [0.25, 0.3) is 5.91 Å². The fourth-order valence-corrected chi connectivity index (χ4v) is 2.56. The van der Waals surface area contributed by atoms with E-state index < -0.39 is 5.60 Å². The molecule has 1 aliphatic rings. The third kappa shape index (κ3) is 3.20. The quantitative estimate of drug-likeness (QED) is 0.708. The van der Waals surface area contributed by atoms with Gasteiger partial charge in [0.1, 0.15) is 0 Å². The highest BCUT2D eigenvalue weighted by Gasteiger charge is 2.44. The minimum absolute atomic E-state index is 0.0163. The molecule has 1 aliphatic carbocycles. The van der Waals surface area contributed by atoms with Gasteiger partial charge in [0.15, 0.2) is 5.60 Å². The molecule has 4 heteroatoms. The molecule has 1 amide bonds. The van der Waals surface area contributed by atoms with Crippen molar-refractivity contribution in [2.75, 3.05) is 13.1 Å². The summed E-state index contributed by atoms with van der Waals surface area (Å²) in [6.45, 7) is 6.61. The molecule has 0 saturated heterocycles. The van der Waals surface area contributed by atoms with Crippen LogP contribution in [0.5, 0.6) is 0 Å². The van der Waals surface area contributed by atoms with Crippen LogP contribution in [0.2, 0.25) is 0 Å². The molecule has 17 heavy (non-hydrogen) atoms. The Kier molecular flexibility index (Phi) is 4.97. The van der Waals surface area contributed by atoms with E-state index in [9.17, 15) is 9.59 Å². The van der Waals surface area contributed by atoms with E-state index in [0.717, 1.165) is 19.3 Å². The average Bonchev–Trinajstić information content (AvgIpc) is 2.30. The number of likely N-dealkylation sites (N-methyl/N-ethyl adjacent to an activating group) is 1. The molecular weight excluding hydrogens is 218 g/mol. The number of amides is 1. The maximum Gasteiger partial charge on any atom is 0.303 e. The summed E-state index contributed by atoms with van der Waals surface area (Å²) in [5, 5.41) is 0. The molecule has 0 spiro atoms. The molecule has 0 bridgehead atoms. The Hall–Kier alpha value is -1.06. The van der Waals surface area contributed by atoms with Crippen molar-refractivity contribution in [3.63, 3.8) is 0 Å². The largest absolute Gasteiger partial charge is 0.449 e. The van der Waals surface area contributed by atoms with Crippen molar-refractivity contribution in [1.82, 2.24) is 4.90 Å². The first-order valence-electron chi connectivity index (χ1n) is 6.54. The number of carbonyl (C=O) groups is 2. The van der Waals surface area contributed by atoms with Gasteiger partial charge in [0, 0.05) is 20.0 Å². The van der Waals surface area contributed by atoms with Crippen LogP contribution in [0.1, 0.15) is 52.9 Å². The Labute approximate surface area is 103 Å². The van der Waals surface area contributed by atoms with Gasteiger partial charge < -0.3 is 9.64 Å². The van der Waals surface area contributed by atoms with Crippen molar-refractivity contribution >= 4 is 11.9 Å². The minimum atomic E-state index is -0.879. The first-order chi connectivity index (χ1) is 8.05. The van der Waals surface area contributed by atoms with Gasteiger partial charge in [-0.3, -0.25) is 9.59 Å². The highest BCUT2D eigenvalue weighted by Crippen LogP contribution is 2.33. The highest BCUT2D eigenvalue weighted by molar-refractivity contribution is 5.87. The van der Waals surface area contributed by atoms with Crippen LogP contribution in [0, 0.1) is 0 Å². The summed E-state index contributed by atoms with van der Waals surface area (Å²) in [7, 11) is 0. The second-order valence-corrected chi connectivity index (χ2v) is 4.63. The lowest BCUT2D eigenvalue weighted by Crippen LogP contribution is -2.52. The van der Waals surface area contributed by atoms with Crippen molar-refractivity contribution in [2.24, 2.45) is 0 Å². The monoisotopic (exact) mass is 241 g/mol. The molecule has 0 aromatic carbocycles. The number of hydrogen-bond donors (Lipinski definition) is 0. The van der Waals surface area contributed by atoms with Gasteiger partial charge in [-0.25, -0.2) is 0 Å². The Bertz CT molecular complexity index is 278. The third-order valence-corrected chi connectivity index (χ3v) is 3.44. The molecule has 0 aromatic rings. The van der Waals surface area contributed by atoms with E-state index in [1.807, 2.05) is 13.8 Å². The van der Waals surface area contributed by atoms with Crippen LogP contribution in [-0.2, 0) is 14.3 Å². The number of hydrogen-bond acceptors (Lipinski definition) is 3. The Morgan fingerprint density at radius 1 is 1.12 bits per heavy atom. The molecule has 0 heterocycles. The van der Waals surface area contributed by atoms with E-state index in [-0.39, 0.29) is 11.9 Å². The van der Waals surface area contributed by atoms with E-state index in [2.05, 4.69) is 0 Å². The lowest BCUT2D eigenvalue weighted by Gasteiger charge is -2.38. The SMILES string of the molecule is CCN(CC)C(=O)C1(OC(C)=O)CCCCC1. The van der Waals surface area contributed by atoms with Gasteiger partial charge in [-0.05, 0) is 39.5 Å². The summed E-state index contributed by atoms with van der Waals surface area (Å²) < 4.78 is 5.40. The predicted molar refractivity (Wildman–Crippen MR) is 65.5 cm³/mol. The fourth-order valence-electron chi connectivity index (χ4n) is 2.56. The van der Waals surface area contributed by atoms with Crippen molar-refractivity contribution < 1.29 is 14.3 Å². The lowest BCUT2D eigenvalue weighted by atomic mass is 9.83. The number of rotatable bonds is 4. The summed E-state index contributed by atoms with van der Waals surface area (Å²) in [4.78, 5) is 25.5. The second-order valence-electron chi connectivity index (χ2n) is 4.63. The molecule has 0 radical (unpaired) electrons. The summed E-state index contributed by atoms with van der Waals surface area (Å²) in [6, 6.07) is 0. The highest BCUT2D eigenvalue weighted by atomic mass is 16.6. The van der Waals surface area contributed by atoms with E-state index in [4.69, 9.17) is 4.74 Å². The standard InChI is InChI=1S/C13H23NO3/c1-4-14(5-2)12(16)13(17-11(3)15)9-7-6-8-10-13/h4-10H2,1-3H3. The van der Waals surface area contributed by atoms with E-state index in [1.54, 1.807) is 4.90 Å². The maximum absolute atomic E-state index is 12.5. The zero-order chi connectivity index (χ0) is 12.9. The van der Waals surface area contributed by atoms with Crippen LogP contribution < -0.4 is 0 Å². The van der Waals surface area contributed by atoms with Crippen LogP contribution in [0.25, 0.3) is 0 Å². The zero-order valence-corrected chi connectivity index (χ0v) is 11.1. The Morgan fingerprint density at radius 2 is 1.65 bits per heavy atom. The average molecular weight is 241 g/mol. The van der Waals surface area contributed by atoms with Crippen molar-refractivity contribution in [2.45, 2.75) is 58.5 Å². The zero-order valence-electron chi connectivity index (χ0n) is 11.1. The summed E-state index contributed by atoms with van der Waals surface area (Å²) >= 11 is 0. The number of nitrogens with zero attached hydrogens (tertiary/aromatic N) is 1. The Morgan fingerprint density at radius 3 is 2.06 bits per heavy atom. The van der Waals surface area contributed by atoms with Gasteiger partial charge in [0.05, 0.1) is 0 Å². The molecule has 1 saturated carbocycles. The molecule has 0 N–H and O–H groups in total. The minimum Gasteiger partial charge on any atom is -0.449 e. The molecule has 4 nitrogen and oxygen atoms in total. The molecule has 0 aliphatic heterocycles. The predicted octanol–water partition coefficient (Wildman–Crippen LogP) is 2.12. The Balaban J connectivity index is 2.88. The van der Waals surface area contributed by atoms with Gasteiger partial charge in [0.2, 0.25) is 0 Å². The molecule has 1 fully saturated rings. The summed E-state index contributed by atoms with van der Waals surface area (Å²) in [5.74, 6) is -0.371. The van der Waals surface area contributed by atoms with Crippen molar-refractivity contribution in [1.29, 1.82) is 0 Å². The van der Waals surface area contributed by atoms with Crippen LogP contribution in [0.4, 0.5) is 0 Å². The van der Waals surface area contributed by atoms with E-state index >= 15 is 0 Å². The molecule has 0 unspecified atom stereocenters. The summed E-state index contributed by atoms with van der Waals surface area (Å²) in [6.07, 6.45) is 4.37. The van der Waals surface area contributed by atoms with Gasteiger partial charge in [-0.2, -0.15) is 0 Å². The second kappa shape index (κ2) is 6.03. The maximum atomic E-state index is 12.5. The van der Waals surface area contributed by atoms with Gasteiger partial charge in [-0.1, -0.05) is 6.42 Å². The topological polar surface area (TPSA) is 46.6 Å². The number of carbonyl (C=O) groups excluding carboxylic acids is 2. The number of esters is 1. The molecule has 0 aromatic heterocycles. The van der Waals surface area contributed by atoms with E-state index in [1.165, 1.54) is 6.92 Å². The first kappa shape index (κ1) is 14.0. The molecule has 1 rings (SSSR count). The third-order valence-electron chi connectivity index (χ3n) is 3.44. The lowest BCUT2D eigenvalue weighted by molar-refractivity contribution is -0.176. The van der Waals surface area contributed by atoms with E-state index in [0.29, 0.717) is 25.9 Å². The summed E-state index contributed by atoms with van der Waals surface area (Å²) in [5.41, 5.74) is -0.879. The molecule has 0 atom stereocenters. The fraction of sp³-hybridized carbons (Fsp3) is 0.846. The molecular formula is C13H23NO3. The molecule has 98 valence electrons. The van der Waals surface area contributed by atoms with Gasteiger partial charge in [-0.15, -0.1) is 0 Å². The van der Waals surface area contributed by atoms with Crippen LogP contribution >= 0.6 is 0 Å². The van der Waals surface area contributed by atoms with Gasteiger partial charge >= 0.3 is 5.97 Å². The van der Waals surface area contributed by atoms with Crippen molar-refractivity contribution in [3.8, 4) is 0 Å². The smallest absolute Gasteiger partial charge is 0.303 e. The number of ether oxygens (including phenoxy) is 1. The van der Waals surface area contributed by atoms with Crippen molar-refractivity contribution in [3.05, 3.63) is 0 Å². The van der Waals surface area contributed by atoms with Crippen LogP contribution in [0.15, 0.2) is 0 Å². The normalized spacial score (nSPS) is 18.5. The van der Waals surface area contributed by atoms with Crippen LogP contribution in [0.3, 0.4) is 0 Å². The first-order valence-corrected chi connectivity index (χ1v) is 6.54.